The average molecular weight is 442 g/mol. The van der Waals surface area contributed by atoms with E-state index in [9.17, 15) is 14.3 Å². The lowest BCUT2D eigenvalue weighted by atomic mass is 9.83. The first-order valence-electron chi connectivity index (χ1n) is 10.3. The zero-order chi connectivity index (χ0) is 21.5. The molecule has 2 aliphatic carbocycles. The quantitative estimate of drug-likeness (QED) is 0.767. The minimum Gasteiger partial charge on any atom is -0.477 e. The molecule has 1 aromatic rings. The van der Waals surface area contributed by atoms with Gasteiger partial charge < -0.3 is 5.11 Å². The van der Waals surface area contributed by atoms with Crippen LogP contribution in [-0.2, 0) is 4.79 Å². The average Bonchev–Trinajstić information content (AvgIpc) is 3.10. The Hall–Kier alpha value is -3.00. The lowest BCUT2D eigenvalue weighted by molar-refractivity contribution is -0.134. The minimum atomic E-state index is -1.02. The van der Waals surface area contributed by atoms with E-state index in [4.69, 9.17) is 11.6 Å². The molecule has 1 saturated carbocycles. The molecular formula is C22H21ClFN5O2. The molecule has 4 aliphatic rings. The van der Waals surface area contributed by atoms with Gasteiger partial charge in [-0.3, -0.25) is 19.9 Å². The Morgan fingerprint density at radius 2 is 2.06 bits per heavy atom. The van der Waals surface area contributed by atoms with E-state index in [1.807, 2.05) is 5.01 Å². The molecule has 2 aliphatic heterocycles. The fourth-order valence-corrected chi connectivity index (χ4v) is 4.97. The van der Waals surface area contributed by atoms with Gasteiger partial charge in [-0.15, -0.1) is 0 Å². The third-order valence-corrected chi connectivity index (χ3v) is 6.55. The number of allylic oxidation sites excluding steroid dienone is 4. The summed E-state index contributed by atoms with van der Waals surface area (Å²) in [5.41, 5.74) is 1.90. The van der Waals surface area contributed by atoms with Crippen LogP contribution in [0.4, 0.5) is 4.39 Å². The standard InChI is InChI=1S/C22H21ClFN5O2/c23-14-5-8-16-18(10-14)26-11-19-28(21(16)22(30)31)12-27-29(19)15-6-3-13(4-7-15)20-17(24)2-1-9-25-20/h1-2,5,9-13,15,19H,3-4,6-8H2,(H,30,31). The molecule has 160 valence electrons. The van der Waals surface area contributed by atoms with E-state index in [-0.39, 0.29) is 23.5 Å². The zero-order valence-corrected chi connectivity index (χ0v) is 17.4. The van der Waals surface area contributed by atoms with Crippen LogP contribution in [0.25, 0.3) is 0 Å². The Bertz CT molecular complexity index is 1070. The number of fused-ring (bicyclic) bond motifs is 2. The van der Waals surface area contributed by atoms with Gasteiger partial charge in [-0.1, -0.05) is 17.7 Å². The molecule has 0 saturated heterocycles. The molecule has 0 bridgehead atoms. The van der Waals surface area contributed by atoms with Crippen molar-refractivity contribution in [3.05, 3.63) is 64.0 Å². The highest BCUT2D eigenvalue weighted by Crippen LogP contribution is 2.39. The second-order valence-electron chi connectivity index (χ2n) is 8.04. The minimum absolute atomic E-state index is 0.0841. The number of hydrogen-bond acceptors (Lipinski definition) is 6. The molecule has 3 heterocycles. The summed E-state index contributed by atoms with van der Waals surface area (Å²) >= 11 is 6.12. The number of halogens is 2. The lowest BCUT2D eigenvalue weighted by Crippen LogP contribution is -2.47. The highest BCUT2D eigenvalue weighted by molar-refractivity contribution is 6.31. The topological polar surface area (TPSA) is 81.4 Å². The van der Waals surface area contributed by atoms with Crippen LogP contribution < -0.4 is 0 Å². The number of carboxylic acids is 1. The Labute approximate surface area is 183 Å². The first-order chi connectivity index (χ1) is 15.0. The summed E-state index contributed by atoms with van der Waals surface area (Å²) in [6.07, 6.45) is 11.6. The molecule has 5 rings (SSSR count). The fraction of sp³-hybridized carbons (Fsp3) is 0.364. The number of hydrogen-bond donors (Lipinski definition) is 1. The molecule has 7 nitrogen and oxygen atoms in total. The summed E-state index contributed by atoms with van der Waals surface area (Å²) in [5.74, 6) is -1.19. The van der Waals surface area contributed by atoms with Crippen molar-refractivity contribution in [2.75, 3.05) is 0 Å². The van der Waals surface area contributed by atoms with Crippen LogP contribution in [0, 0.1) is 5.82 Å². The molecule has 0 radical (unpaired) electrons. The van der Waals surface area contributed by atoms with Gasteiger partial charge in [-0.2, -0.15) is 5.10 Å². The SMILES string of the molecule is O=C(O)C1=C2CC=C(Cl)C=C2N=CC2N1C=NN2C1CCC(c2ncccc2F)CC1. The third-order valence-electron chi connectivity index (χ3n) is 6.29. The number of aliphatic carboxylic acids is 1. The van der Waals surface area contributed by atoms with Crippen LogP contribution in [0.1, 0.15) is 43.7 Å². The van der Waals surface area contributed by atoms with Crippen LogP contribution in [0.15, 0.2) is 62.6 Å². The van der Waals surface area contributed by atoms with Crippen LogP contribution in [-0.4, -0.2) is 50.7 Å². The number of aliphatic imine (C=N–C) groups is 1. The van der Waals surface area contributed by atoms with Gasteiger partial charge in [-0.05, 0) is 50.3 Å². The van der Waals surface area contributed by atoms with Crippen molar-refractivity contribution in [2.24, 2.45) is 10.1 Å². The Balaban J connectivity index is 1.37. The number of pyridine rings is 1. The Kier molecular flexibility index (Phi) is 5.09. The molecule has 0 aromatic carbocycles. The number of hydrazone groups is 1. The molecule has 0 spiro atoms. The molecule has 1 atom stereocenters. The van der Waals surface area contributed by atoms with E-state index in [1.54, 1.807) is 41.9 Å². The summed E-state index contributed by atoms with van der Waals surface area (Å²) in [6, 6.07) is 3.17. The van der Waals surface area contributed by atoms with Crippen LogP contribution in [0.5, 0.6) is 0 Å². The van der Waals surface area contributed by atoms with Gasteiger partial charge >= 0.3 is 5.97 Å². The van der Waals surface area contributed by atoms with E-state index < -0.39 is 12.1 Å². The van der Waals surface area contributed by atoms with Gasteiger partial charge in [0.05, 0.1) is 11.4 Å². The summed E-state index contributed by atoms with van der Waals surface area (Å²) in [6.45, 7) is 0. The van der Waals surface area contributed by atoms with E-state index in [0.717, 1.165) is 25.7 Å². The number of rotatable bonds is 3. The van der Waals surface area contributed by atoms with Crippen molar-refractivity contribution in [1.29, 1.82) is 0 Å². The summed E-state index contributed by atoms with van der Waals surface area (Å²) in [5, 5.41) is 17.0. The maximum absolute atomic E-state index is 14.1. The molecule has 1 fully saturated rings. The lowest BCUT2D eigenvalue weighted by Gasteiger charge is -2.37. The van der Waals surface area contributed by atoms with Crippen LogP contribution in [0.3, 0.4) is 0 Å². The van der Waals surface area contributed by atoms with E-state index in [1.165, 1.54) is 6.07 Å². The zero-order valence-electron chi connectivity index (χ0n) is 16.7. The second kappa shape index (κ2) is 7.92. The van der Waals surface area contributed by atoms with Gasteiger partial charge in [0.2, 0.25) is 0 Å². The Morgan fingerprint density at radius 3 is 2.81 bits per heavy atom. The number of nitrogens with zero attached hydrogens (tertiary/aromatic N) is 5. The summed E-state index contributed by atoms with van der Waals surface area (Å²) in [7, 11) is 0. The molecule has 1 N–H and O–H groups in total. The Morgan fingerprint density at radius 1 is 1.26 bits per heavy atom. The highest BCUT2D eigenvalue weighted by Gasteiger charge is 2.40. The van der Waals surface area contributed by atoms with Crippen molar-refractivity contribution < 1.29 is 14.3 Å². The number of carbonyl (C=O) groups is 1. The maximum atomic E-state index is 14.1. The van der Waals surface area contributed by atoms with Crippen molar-refractivity contribution in [3.63, 3.8) is 0 Å². The first-order valence-corrected chi connectivity index (χ1v) is 10.7. The maximum Gasteiger partial charge on any atom is 0.353 e. The predicted molar refractivity (Wildman–Crippen MR) is 115 cm³/mol. The van der Waals surface area contributed by atoms with Gasteiger partial charge in [-0.25, -0.2) is 9.18 Å². The summed E-state index contributed by atoms with van der Waals surface area (Å²) in [4.78, 5) is 22.6. The molecule has 1 aromatic heterocycles. The molecular weight excluding hydrogens is 421 g/mol. The van der Waals surface area contributed by atoms with E-state index in [0.29, 0.717) is 28.4 Å². The van der Waals surface area contributed by atoms with Crippen molar-refractivity contribution in [2.45, 2.75) is 50.2 Å². The molecule has 9 heteroatoms. The van der Waals surface area contributed by atoms with Gasteiger partial charge in [0.15, 0.2) is 6.17 Å². The van der Waals surface area contributed by atoms with Crippen molar-refractivity contribution in [1.82, 2.24) is 14.9 Å². The second-order valence-corrected chi connectivity index (χ2v) is 8.48. The fourth-order valence-electron chi connectivity index (χ4n) is 4.79. The largest absolute Gasteiger partial charge is 0.477 e. The van der Waals surface area contributed by atoms with Gasteiger partial charge in [0.25, 0.3) is 0 Å². The van der Waals surface area contributed by atoms with Crippen LogP contribution >= 0.6 is 11.6 Å². The van der Waals surface area contributed by atoms with Gasteiger partial charge in [0.1, 0.15) is 17.9 Å². The van der Waals surface area contributed by atoms with Crippen molar-refractivity contribution >= 4 is 30.1 Å². The summed E-state index contributed by atoms with van der Waals surface area (Å²) < 4.78 is 14.1. The first kappa shape index (κ1) is 19.9. The molecule has 31 heavy (non-hydrogen) atoms. The molecule has 0 amide bonds. The molecule has 1 unspecified atom stereocenters. The smallest absolute Gasteiger partial charge is 0.353 e. The highest BCUT2D eigenvalue weighted by atomic mass is 35.5. The predicted octanol–water partition coefficient (Wildman–Crippen LogP) is 3.97. The van der Waals surface area contributed by atoms with Crippen LogP contribution in [0.2, 0.25) is 0 Å². The van der Waals surface area contributed by atoms with Gasteiger partial charge in [0, 0.05) is 35.0 Å². The normalized spacial score (nSPS) is 27.5. The monoisotopic (exact) mass is 441 g/mol. The van der Waals surface area contributed by atoms with E-state index >= 15 is 0 Å². The number of carboxylic acid groups (broad SMARTS) is 1. The number of aromatic nitrogens is 1. The third kappa shape index (κ3) is 3.54. The van der Waals surface area contributed by atoms with Crippen molar-refractivity contribution in [3.8, 4) is 0 Å². The van der Waals surface area contributed by atoms with E-state index in [2.05, 4.69) is 15.1 Å².